The smallest absolute Gasteiger partial charge is 0.163 e. The maximum atomic E-state index is 9.23. The van der Waals surface area contributed by atoms with Crippen molar-refractivity contribution in [3.05, 3.63) is 0 Å². The first kappa shape index (κ1) is 16.9. The van der Waals surface area contributed by atoms with Crippen LogP contribution < -0.4 is 5.73 Å². The monoisotopic (exact) mass is 275 g/mol. The van der Waals surface area contributed by atoms with Gasteiger partial charge in [-0.3, -0.25) is 0 Å². The zero-order chi connectivity index (χ0) is 14.1. The third-order valence-electron chi connectivity index (χ3n) is 3.72. The van der Waals surface area contributed by atoms with Crippen LogP contribution in [0.4, 0.5) is 0 Å². The van der Waals surface area contributed by atoms with Gasteiger partial charge in [0, 0.05) is 26.1 Å². The van der Waals surface area contributed by atoms with E-state index in [4.69, 9.17) is 19.9 Å². The van der Waals surface area contributed by atoms with Gasteiger partial charge in [0.2, 0.25) is 0 Å². The van der Waals surface area contributed by atoms with Gasteiger partial charge in [-0.2, -0.15) is 0 Å². The van der Waals surface area contributed by atoms with E-state index in [1.165, 1.54) is 0 Å². The summed E-state index contributed by atoms with van der Waals surface area (Å²) in [5, 5.41) is 9.23. The minimum atomic E-state index is -0.273. The van der Waals surface area contributed by atoms with E-state index in [0.29, 0.717) is 6.61 Å². The van der Waals surface area contributed by atoms with Crippen molar-refractivity contribution in [1.29, 1.82) is 0 Å². The fraction of sp³-hybridized carbons (Fsp3) is 1.00. The van der Waals surface area contributed by atoms with Crippen molar-refractivity contribution in [3.8, 4) is 0 Å². The molecule has 19 heavy (non-hydrogen) atoms. The molecule has 114 valence electrons. The SMILES string of the molecule is CO[C@H]1CC(CO)O[C@H](OCCCCCCN)C1C. The highest BCUT2D eigenvalue weighted by molar-refractivity contribution is 4.79. The molecule has 0 aliphatic carbocycles. The number of hydrogen-bond donors (Lipinski definition) is 2. The van der Waals surface area contributed by atoms with Crippen molar-refractivity contribution >= 4 is 0 Å². The number of ether oxygens (including phenoxy) is 3. The first-order valence-corrected chi connectivity index (χ1v) is 7.33. The molecule has 5 heteroatoms. The summed E-state index contributed by atoms with van der Waals surface area (Å²) >= 11 is 0. The van der Waals surface area contributed by atoms with Gasteiger partial charge in [0.1, 0.15) is 0 Å². The second-order valence-corrected chi connectivity index (χ2v) is 5.25. The fourth-order valence-electron chi connectivity index (χ4n) is 2.44. The van der Waals surface area contributed by atoms with Crippen molar-refractivity contribution < 1.29 is 19.3 Å². The van der Waals surface area contributed by atoms with Gasteiger partial charge in [0.15, 0.2) is 6.29 Å². The van der Waals surface area contributed by atoms with Gasteiger partial charge in [-0.25, -0.2) is 0 Å². The summed E-state index contributed by atoms with van der Waals surface area (Å²) in [5.74, 6) is 0.192. The summed E-state index contributed by atoms with van der Waals surface area (Å²) in [4.78, 5) is 0. The standard InChI is InChI=1S/C14H29NO4/c1-11-13(17-2)9-12(10-16)19-14(11)18-8-6-4-3-5-7-15/h11-14,16H,3-10,15H2,1-2H3/t11?,12?,13-,14-/m0/s1. The molecule has 4 atom stereocenters. The summed E-state index contributed by atoms with van der Waals surface area (Å²) in [6.07, 6.45) is 4.76. The molecule has 0 radical (unpaired) electrons. The molecule has 0 aromatic carbocycles. The predicted molar refractivity (Wildman–Crippen MR) is 73.8 cm³/mol. The molecule has 2 unspecified atom stereocenters. The minimum Gasteiger partial charge on any atom is -0.394 e. The number of rotatable bonds is 9. The summed E-state index contributed by atoms with van der Waals surface area (Å²) in [6.45, 7) is 3.54. The van der Waals surface area contributed by atoms with E-state index in [1.54, 1.807) is 7.11 Å². The van der Waals surface area contributed by atoms with E-state index >= 15 is 0 Å². The summed E-state index contributed by atoms with van der Waals surface area (Å²) in [7, 11) is 1.70. The van der Waals surface area contributed by atoms with Crippen LogP contribution in [0.25, 0.3) is 0 Å². The second-order valence-electron chi connectivity index (χ2n) is 5.25. The Kier molecular flexibility index (Phi) is 8.57. The molecule has 0 aromatic heterocycles. The third kappa shape index (κ3) is 5.75. The lowest BCUT2D eigenvalue weighted by Gasteiger charge is -2.38. The predicted octanol–water partition coefficient (Wildman–Crippen LogP) is 1.28. The van der Waals surface area contributed by atoms with Crippen LogP contribution >= 0.6 is 0 Å². The molecule has 0 bridgehead atoms. The first-order chi connectivity index (χ1) is 9.22. The number of hydrogen-bond acceptors (Lipinski definition) is 5. The van der Waals surface area contributed by atoms with Crippen LogP contribution in [0, 0.1) is 5.92 Å². The molecule has 1 aliphatic heterocycles. The van der Waals surface area contributed by atoms with E-state index in [9.17, 15) is 5.11 Å². The molecule has 0 amide bonds. The number of aliphatic hydroxyl groups excluding tert-OH is 1. The highest BCUT2D eigenvalue weighted by Crippen LogP contribution is 2.28. The van der Waals surface area contributed by atoms with Crippen molar-refractivity contribution in [2.24, 2.45) is 11.7 Å². The lowest BCUT2D eigenvalue weighted by Crippen LogP contribution is -2.46. The molecule has 5 nitrogen and oxygen atoms in total. The average Bonchev–Trinajstić information content (AvgIpc) is 2.44. The molecule has 1 heterocycles. The van der Waals surface area contributed by atoms with Crippen molar-refractivity contribution in [2.45, 2.75) is 57.5 Å². The average molecular weight is 275 g/mol. The first-order valence-electron chi connectivity index (χ1n) is 7.33. The van der Waals surface area contributed by atoms with Crippen molar-refractivity contribution in [1.82, 2.24) is 0 Å². The quantitative estimate of drug-likeness (QED) is 0.620. The molecule has 1 aliphatic rings. The molecule has 1 saturated heterocycles. The van der Waals surface area contributed by atoms with Gasteiger partial charge in [0.25, 0.3) is 0 Å². The Morgan fingerprint density at radius 3 is 2.63 bits per heavy atom. The van der Waals surface area contributed by atoms with E-state index in [0.717, 1.165) is 38.6 Å². The molecule has 0 saturated carbocycles. The topological polar surface area (TPSA) is 73.9 Å². The molecule has 0 spiro atoms. The number of unbranched alkanes of at least 4 members (excludes halogenated alkanes) is 3. The van der Waals surface area contributed by atoms with Crippen LogP contribution in [-0.2, 0) is 14.2 Å². The lowest BCUT2D eigenvalue weighted by atomic mass is 9.95. The number of aliphatic hydroxyl groups is 1. The van der Waals surface area contributed by atoms with Gasteiger partial charge in [-0.1, -0.05) is 19.8 Å². The number of nitrogens with two attached hydrogens (primary N) is 1. The maximum absolute atomic E-state index is 9.23. The third-order valence-corrected chi connectivity index (χ3v) is 3.72. The summed E-state index contributed by atoms with van der Waals surface area (Å²) in [5.41, 5.74) is 5.45. The van der Waals surface area contributed by atoms with Crippen LogP contribution in [-0.4, -0.2) is 50.5 Å². The van der Waals surface area contributed by atoms with E-state index in [-0.39, 0.29) is 31.0 Å². The Balaban J connectivity index is 2.25. The number of methoxy groups -OCH3 is 1. The Morgan fingerprint density at radius 1 is 1.26 bits per heavy atom. The van der Waals surface area contributed by atoms with E-state index in [2.05, 4.69) is 6.92 Å². The Hall–Kier alpha value is -0.200. The van der Waals surface area contributed by atoms with Gasteiger partial charge in [0.05, 0.1) is 18.8 Å². The second kappa shape index (κ2) is 9.66. The Bertz CT molecular complexity index is 227. The van der Waals surface area contributed by atoms with E-state index in [1.807, 2.05) is 0 Å². The molecule has 1 fully saturated rings. The van der Waals surface area contributed by atoms with Gasteiger partial charge >= 0.3 is 0 Å². The fourth-order valence-corrected chi connectivity index (χ4v) is 2.44. The molecular weight excluding hydrogens is 246 g/mol. The van der Waals surface area contributed by atoms with E-state index < -0.39 is 0 Å². The normalized spacial score (nSPS) is 31.6. The largest absolute Gasteiger partial charge is 0.394 e. The maximum Gasteiger partial charge on any atom is 0.163 e. The van der Waals surface area contributed by atoms with Crippen LogP contribution in [0.2, 0.25) is 0 Å². The van der Waals surface area contributed by atoms with Crippen LogP contribution in [0.1, 0.15) is 39.0 Å². The molecular formula is C14H29NO4. The zero-order valence-corrected chi connectivity index (χ0v) is 12.2. The van der Waals surface area contributed by atoms with Gasteiger partial charge in [-0.05, 0) is 19.4 Å². The Labute approximate surface area is 116 Å². The molecule has 1 rings (SSSR count). The highest BCUT2D eigenvalue weighted by Gasteiger charge is 2.36. The minimum absolute atomic E-state index is 0.0168. The van der Waals surface area contributed by atoms with Crippen molar-refractivity contribution in [3.63, 3.8) is 0 Å². The van der Waals surface area contributed by atoms with Crippen LogP contribution in [0.5, 0.6) is 0 Å². The summed E-state index contributed by atoms with van der Waals surface area (Å²) < 4.78 is 17.0. The summed E-state index contributed by atoms with van der Waals surface area (Å²) in [6, 6.07) is 0. The molecule has 3 N–H and O–H groups in total. The molecule has 0 aromatic rings. The van der Waals surface area contributed by atoms with Crippen LogP contribution in [0.3, 0.4) is 0 Å². The highest BCUT2D eigenvalue weighted by atomic mass is 16.7. The zero-order valence-electron chi connectivity index (χ0n) is 12.2. The van der Waals surface area contributed by atoms with Gasteiger partial charge < -0.3 is 25.1 Å². The van der Waals surface area contributed by atoms with Crippen LogP contribution in [0.15, 0.2) is 0 Å². The lowest BCUT2D eigenvalue weighted by molar-refractivity contribution is -0.252. The van der Waals surface area contributed by atoms with Gasteiger partial charge in [-0.15, -0.1) is 0 Å². The Morgan fingerprint density at radius 2 is 2.00 bits per heavy atom. The van der Waals surface area contributed by atoms with Crippen molar-refractivity contribution in [2.75, 3.05) is 26.9 Å².